The SMILES string of the molecule is C#CC[C@H](NC(=O)COC)[C@H](O)CN[C@H]1CC2(CCC2)Oc2ncc(CC(C)(C)C)cc21. The summed E-state index contributed by atoms with van der Waals surface area (Å²) in [5.41, 5.74) is 2.20. The minimum absolute atomic E-state index is 0.0160. The Hall–Kier alpha value is -2.14. The lowest BCUT2D eigenvalue weighted by Crippen LogP contribution is -2.52. The van der Waals surface area contributed by atoms with Crippen LogP contribution < -0.4 is 15.4 Å². The van der Waals surface area contributed by atoms with Crippen molar-refractivity contribution < 1.29 is 19.4 Å². The van der Waals surface area contributed by atoms with Gasteiger partial charge in [-0.2, -0.15) is 0 Å². The van der Waals surface area contributed by atoms with Gasteiger partial charge in [0.2, 0.25) is 11.8 Å². The summed E-state index contributed by atoms with van der Waals surface area (Å²) in [4.78, 5) is 16.6. The molecular weight excluding hydrogens is 406 g/mol. The molecule has 1 spiro atoms. The number of aliphatic hydroxyl groups is 1. The van der Waals surface area contributed by atoms with Gasteiger partial charge in [0.05, 0.1) is 12.1 Å². The van der Waals surface area contributed by atoms with Crippen LogP contribution in [0.25, 0.3) is 0 Å². The van der Waals surface area contributed by atoms with E-state index in [0.717, 1.165) is 37.7 Å². The van der Waals surface area contributed by atoms with Gasteiger partial charge >= 0.3 is 0 Å². The van der Waals surface area contributed by atoms with Crippen molar-refractivity contribution in [2.24, 2.45) is 5.41 Å². The van der Waals surface area contributed by atoms with Gasteiger partial charge in [-0.15, -0.1) is 12.3 Å². The Morgan fingerprint density at radius 3 is 2.81 bits per heavy atom. The number of aromatic nitrogens is 1. The number of amides is 1. The Kier molecular flexibility index (Phi) is 7.81. The molecule has 3 N–H and O–H groups in total. The number of nitrogens with one attached hydrogen (secondary N) is 2. The third-order valence-corrected chi connectivity index (χ3v) is 6.20. The van der Waals surface area contributed by atoms with Crippen LogP contribution in [0.4, 0.5) is 0 Å². The van der Waals surface area contributed by atoms with E-state index in [2.05, 4.69) is 48.4 Å². The monoisotopic (exact) mass is 443 g/mol. The third kappa shape index (κ3) is 6.22. The van der Waals surface area contributed by atoms with Gasteiger partial charge in [0.15, 0.2) is 0 Å². The van der Waals surface area contributed by atoms with Gasteiger partial charge in [-0.25, -0.2) is 4.98 Å². The van der Waals surface area contributed by atoms with Crippen molar-refractivity contribution in [3.63, 3.8) is 0 Å². The van der Waals surface area contributed by atoms with Crippen LogP contribution in [0, 0.1) is 17.8 Å². The number of carbonyl (C=O) groups excluding carboxylic acids is 1. The predicted octanol–water partition coefficient (Wildman–Crippen LogP) is 2.52. The summed E-state index contributed by atoms with van der Waals surface area (Å²) < 4.78 is 11.2. The zero-order chi connectivity index (χ0) is 23.4. The Morgan fingerprint density at radius 2 is 2.22 bits per heavy atom. The summed E-state index contributed by atoms with van der Waals surface area (Å²) in [5, 5.41) is 17.1. The molecule has 1 amide bonds. The first kappa shape index (κ1) is 24.5. The molecule has 0 bridgehead atoms. The van der Waals surface area contributed by atoms with Crippen molar-refractivity contribution in [3.05, 3.63) is 23.4 Å². The number of methoxy groups -OCH3 is 1. The molecule has 1 aromatic heterocycles. The molecule has 1 saturated carbocycles. The van der Waals surface area contributed by atoms with E-state index in [1.165, 1.54) is 12.7 Å². The first-order valence-electron chi connectivity index (χ1n) is 11.5. The summed E-state index contributed by atoms with van der Waals surface area (Å²) >= 11 is 0. The van der Waals surface area contributed by atoms with E-state index in [9.17, 15) is 9.90 Å². The van der Waals surface area contributed by atoms with Gasteiger partial charge in [-0.3, -0.25) is 4.79 Å². The third-order valence-electron chi connectivity index (χ3n) is 6.20. The van der Waals surface area contributed by atoms with E-state index in [4.69, 9.17) is 15.9 Å². The molecule has 7 nitrogen and oxygen atoms in total. The van der Waals surface area contributed by atoms with Crippen molar-refractivity contribution >= 4 is 5.91 Å². The molecule has 2 heterocycles. The van der Waals surface area contributed by atoms with Crippen LogP contribution in [0.1, 0.15) is 70.0 Å². The second-order valence-corrected chi connectivity index (χ2v) is 10.4. The van der Waals surface area contributed by atoms with E-state index in [0.29, 0.717) is 12.4 Å². The van der Waals surface area contributed by atoms with Gasteiger partial charge in [0, 0.05) is 44.3 Å². The molecular formula is C25H37N3O4. The highest BCUT2D eigenvalue weighted by atomic mass is 16.5. The number of ether oxygens (including phenoxy) is 2. The molecule has 1 aliphatic heterocycles. The normalized spacial score (nSPS) is 20.9. The highest BCUT2D eigenvalue weighted by Gasteiger charge is 2.46. The highest BCUT2D eigenvalue weighted by Crippen LogP contribution is 2.48. The summed E-state index contributed by atoms with van der Waals surface area (Å²) in [6.07, 6.45) is 11.7. The second-order valence-electron chi connectivity index (χ2n) is 10.4. The highest BCUT2D eigenvalue weighted by molar-refractivity contribution is 5.77. The summed E-state index contributed by atoms with van der Waals surface area (Å²) in [6, 6.07) is 1.65. The predicted molar refractivity (Wildman–Crippen MR) is 123 cm³/mol. The number of carbonyl (C=O) groups is 1. The van der Waals surface area contributed by atoms with Crippen molar-refractivity contribution in [2.75, 3.05) is 20.3 Å². The van der Waals surface area contributed by atoms with Gasteiger partial charge in [0.25, 0.3) is 0 Å². The van der Waals surface area contributed by atoms with E-state index in [1.54, 1.807) is 0 Å². The van der Waals surface area contributed by atoms with E-state index in [-0.39, 0.29) is 36.0 Å². The van der Waals surface area contributed by atoms with Gasteiger partial charge < -0.3 is 25.2 Å². The fourth-order valence-corrected chi connectivity index (χ4v) is 4.54. The number of aliphatic hydroxyl groups excluding tert-OH is 1. The molecule has 176 valence electrons. The molecule has 0 saturated heterocycles. The minimum atomic E-state index is -0.832. The van der Waals surface area contributed by atoms with Crippen LogP contribution in [0.5, 0.6) is 5.88 Å². The smallest absolute Gasteiger partial charge is 0.246 e. The molecule has 1 fully saturated rings. The van der Waals surface area contributed by atoms with Gasteiger partial charge in [-0.05, 0) is 42.7 Å². The van der Waals surface area contributed by atoms with Crippen molar-refractivity contribution in [2.45, 2.75) is 83.1 Å². The Balaban J connectivity index is 1.73. The van der Waals surface area contributed by atoms with Crippen molar-refractivity contribution in [3.8, 4) is 18.2 Å². The van der Waals surface area contributed by atoms with Crippen LogP contribution in [0.15, 0.2) is 12.3 Å². The second kappa shape index (κ2) is 10.2. The molecule has 1 aliphatic carbocycles. The van der Waals surface area contributed by atoms with Crippen LogP contribution in [0.2, 0.25) is 0 Å². The first-order chi connectivity index (χ1) is 15.1. The van der Waals surface area contributed by atoms with E-state index < -0.39 is 12.1 Å². The zero-order valence-corrected chi connectivity index (χ0v) is 19.7. The number of terminal acetylenes is 1. The average Bonchev–Trinajstić information content (AvgIpc) is 2.69. The average molecular weight is 444 g/mol. The van der Waals surface area contributed by atoms with Gasteiger partial charge in [-0.1, -0.05) is 20.8 Å². The Bertz CT molecular complexity index is 839. The van der Waals surface area contributed by atoms with Crippen LogP contribution >= 0.6 is 0 Å². The number of pyridine rings is 1. The summed E-state index contributed by atoms with van der Waals surface area (Å²) in [7, 11) is 1.45. The maximum Gasteiger partial charge on any atom is 0.246 e. The molecule has 0 radical (unpaired) electrons. The number of hydrogen-bond donors (Lipinski definition) is 3. The minimum Gasteiger partial charge on any atom is -0.471 e. The van der Waals surface area contributed by atoms with Crippen LogP contribution in [-0.4, -0.2) is 54.0 Å². The molecule has 32 heavy (non-hydrogen) atoms. The molecule has 0 unspecified atom stereocenters. The quantitative estimate of drug-likeness (QED) is 0.508. The molecule has 2 aliphatic rings. The molecule has 7 heteroatoms. The maximum absolute atomic E-state index is 11.9. The summed E-state index contributed by atoms with van der Waals surface area (Å²) in [6.45, 7) is 6.86. The lowest BCUT2D eigenvalue weighted by atomic mass is 9.73. The molecule has 3 rings (SSSR count). The lowest BCUT2D eigenvalue weighted by Gasteiger charge is -2.47. The number of hydrogen-bond acceptors (Lipinski definition) is 6. The molecule has 1 aromatic rings. The molecule has 0 aromatic carbocycles. The van der Waals surface area contributed by atoms with Gasteiger partial charge in [0.1, 0.15) is 12.2 Å². The number of nitrogens with zero attached hydrogens (tertiary/aromatic N) is 1. The largest absolute Gasteiger partial charge is 0.471 e. The Labute approximate surface area is 191 Å². The lowest BCUT2D eigenvalue weighted by molar-refractivity contribution is -0.126. The first-order valence-corrected chi connectivity index (χ1v) is 11.5. The number of rotatable bonds is 9. The maximum atomic E-state index is 11.9. The summed E-state index contributed by atoms with van der Waals surface area (Å²) in [5.74, 6) is 2.93. The van der Waals surface area contributed by atoms with Crippen molar-refractivity contribution in [1.29, 1.82) is 0 Å². The molecule has 3 atom stereocenters. The van der Waals surface area contributed by atoms with Crippen molar-refractivity contribution in [1.82, 2.24) is 15.6 Å². The topological polar surface area (TPSA) is 92.7 Å². The van der Waals surface area contributed by atoms with E-state index in [1.807, 2.05) is 6.20 Å². The fourth-order valence-electron chi connectivity index (χ4n) is 4.54. The number of fused-ring (bicyclic) bond motifs is 1. The van der Waals surface area contributed by atoms with Crippen LogP contribution in [-0.2, 0) is 16.0 Å². The zero-order valence-electron chi connectivity index (χ0n) is 19.7. The van der Waals surface area contributed by atoms with Crippen LogP contribution in [0.3, 0.4) is 0 Å². The Morgan fingerprint density at radius 1 is 1.47 bits per heavy atom. The standard InChI is InChI=1S/C25H37N3O4/c1-6-8-19(28-22(30)16-31-5)21(29)15-26-20-13-25(9-7-10-25)32-23-18(20)11-17(14-27-23)12-24(2,3)4/h1,11,14,19-21,26,29H,7-10,12-13,15-16H2,2-5H3,(H,28,30)/t19-,20-,21+/m0/s1. The van der Waals surface area contributed by atoms with E-state index >= 15 is 0 Å². The fraction of sp³-hybridized carbons (Fsp3) is 0.680.